The van der Waals surface area contributed by atoms with Gasteiger partial charge in [-0.15, -0.1) is 0 Å². The van der Waals surface area contributed by atoms with Crippen molar-refractivity contribution in [2.45, 2.75) is 10.4 Å². The SMILES string of the molecule is NNc1ccccc1S(=O)(=O)C(F)(F)F. The molecule has 0 radical (unpaired) electrons. The number of nitrogen functional groups attached to an aromatic ring is 1. The Balaban J connectivity index is 3.41. The van der Waals surface area contributed by atoms with Crippen LogP contribution in [0.3, 0.4) is 0 Å². The molecule has 0 bridgehead atoms. The van der Waals surface area contributed by atoms with Crippen LogP contribution in [0, 0.1) is 0 Å². The van der Waals surface area contributed by atoms with E-state index in [1.165, 1.54) is 12.1 Å². The smallest absolute Gasteiger partial charge is 0.323 e. The number of benzene rings is 1. The fourth-order valence-corrected chi connectivity index (χ4v) is 1.87. The third-order valence-electron chi connectivity index (χ3n) is 1.64. The maximum absolute atomic E-state index is 12.2. The van der Waals surface area contributed by atoms with Gasteiger partial charge in [0.15, 0.2) is 0 Å². The predicted octanol–water partition coefficient (Wildman–Crippen LogP) is 1.27. The summed E-state index contributed by atoms with van der Waals surface area (Å²) in [6.45, 7) is 0. The summed E-state index contributed by atoms with van der Waals surface area (Å²) in [6, 6.07) is 4.51. The summed E-state index contributed by atoms with van der Waals surface area (Å²) < 4.78 is 58.6. The highest BCUT2D eigenvalue weighted by molar-refractivity contribution is 7.92. The number of nitrogens with two attached hydrogens (primary N) is 1. The van der Waals surface area contributed by atoms with Crippen molar-refractivity contribution in [3.63, 3.8) is 0 Å². The van der Waals surface area contributed by atoms with Crippen molar-refractivity contribution in [2.75, 3.05) is 5.43 Å². The molecule has 15 heavy (non-hydrogen) atoms. The van der Waals surface area contributed by atoms with Crippen LogP contribution >= 0.6 is 0 Å². The van der Waals surface area contributed by atoms with E-state index in [1.807, 2.05) is 5.43 Å². The van der Waals surface area contributed by atoms with Crippen LogP contribution in [0.25, 0.3) is 0 Å². The van der Waals surface area contributed by atoms with Crippen LogP contribution in [-0.4, -0.2) is 13.9 Å². The molecule has 0 saturated heterocycles. The lowest BCUT2D eigenvalue weighted by Crippen LogP contribution is -2.25. The Labute approximate surface area is 83.8 Å². The van der Waals surface area contributed by atoms with Crippen LogP contribution in [0.15, 0.2) is 29.2 Å². The summed E-state index contributed by atoms with van der Waals surface area (Å²) in [5, 5.41) is 0. The molecular formula is C7H7F3N2O2S. The summed E-state index contributed by atoms with van der Waals surface area (Å²) in [5.74, 6) is 4.91. The molecule has 0 spiro atoms. The molecule has 0 atom stereocenters. The van der Waals surface area contributed by atoms with Gasteiger partial charge in [0.05, 0.1) is 5.69 Å². The Kier molecular flexibility index (Phi) is 2.91. The van der Waals surface area contributed by atoms with E-state index in [9.17, 15) is 21.6 Å². The highest BCUT2D eigenvalue weighted by atomic mass is 32.2. The number of hydrogen-bond acceptors (Lipinski definition) is 4. The summed E-state index contributed by atoms with van der Waals surface area (Å²) in [6.07, 6.45) is 0. The first kappa shape index (κ1) is 11.8. The molecule has 0 fully saturated rings. The molecule has 1 rings (SSSR count). The highest BCUT2D eigenvalue weighted by Crippen LogP contribution is 2.33. The summed E-state index contributed by atoms with van der Waals surface area (Å²) in [7, 11) is -5.36. The zero-order valence-corrected chi connectivity index (χ0v) is 8.06. The van der Waals surface area contributed by atoms with Crippen LogP contribution in [0.2, 0.25) is 0 Å². The second-order valence-corrected chi connectivity index (χ2v) is 4.50. The molecule has 0 heterocycles. The molecule has 0 aliphatic rings. The van der Waals surface area contributed by atoms with Crippen molar-refractivity contribution in [1.82, 2.24) is 0 Å². The number of sulfone groups is 1. The number of nitrogens with one attached hydrogen (secondary N) is 1. The molecule has 0 unspecified atom stereocenters. The molecule has 84 valence electrons. The van der Waals surface area contributed by atoms with Gasteiger partial charge in [0.25, 0.3) is 9.84 Å². The van der Waals surface area contributed by atoms with Gasteiger partial charge in [0.2, 0.25) is 0 Å². The Morgan fingerprint density at radius 3 is 2.20 bits per heavy atom. The van der Waals surface area contributed by atoms with Crippen LogP contribution in [0.4, 0.5) is 18.9 Å². The first-order valence-electron chi connectivity index (χ1n) is 3.67. The van der Waals surface area contributed by atoms with E-state index in [0.29, 0.717) is 0 Å². The maximum Gasteiger partial charge on any atom is 0.501 e. The monoisotopic (exact) mass is 240 g/mol. The molecule has 4 nitrogen and oxygen atoms in total. The second kappa shape index (κ2) is 3.70. The Morgan fingerprint density at radius 1 is 1.20 bits per heavy atom. The van der Waals surface area contributed by atoms with E-state index in [-0.39, 0.29) is 5.69 Å². The molecule has 8 heteroatoms. The lowest BCUT2D eigenvalue weighted by atomic mass is 10.3. The topological polar surface area (TPSA) is 72.2 Å². The van der Waals surface area contributed by atoms with Gasteiger partial charge in [-0.25, -0.2) is 8.42 Å². The standard InChI is InChI=1S/C7H7F3N2O2S/c8-7(9,10)15(13,14)6-4-2-1-3-5(6)12-11/h1-4,12H,11H2. The summed E-state index contributed by atoms with van der Waals surface area (Å²) >= 11 is 0. The second-order valence-electron chi connectivity index (χ2n) is 2.59. The van der Waals surface area contributed by atoms with E-state index in [2.05, 4.69) is 0 Å². The molecule has 0 amide bonds. The first-order valence-corrected chi connectivity index (χ1v) is 5.16. The maximum atomic E-state index is 12.2. The minimum atomic E-state index is -5.36. The van der Waals surface area contributed by atoms with Crippen LogP contribution in [-0.2, 0) is 9.84 Å². The zero-order valence-electron chi connectivity index (χ0n) is 7.25. The number of hydrazine groups is 1. The predicted molar refractivity (Wildman–Crippen MR) is 47.5 cm³/mol. The zero-order chi connectivity index (χ0) is 11.7. The van der Waals surface area contributed by atoms with Crippen molar-refractivity contribution < 1.29 is 21.6 Å². The Morgan fingerprint density at radius 2 is 1.73 bits per heavy atom. The van der Waals surface area contributed by atoms with Crippen LogP contribution in [0.1, 0.15) is 0 Å². The summed E-state index contributed by atoms with van der Waals surface area (Å²) in [4.78, 5) is -0.889. The quantitative estimate of drug-likeness (QED) is 0.603. The Hall–Kier alpha value is -1.28. The van der Waals surface area contributed by atoms with Gasteiger partial charge >= 0.3 is 5.51 Å². The molecule has 0 aromatic heterocycles. The molecule has 1 aromatic rings. The van der Waals surface area contributed by atoms with Crippen molar-refractivity contribution >= 4 is 15.5 Å². The molecule has 0 saturated carbocycles. The van der Waals surface area contributed by atoms with E-state index < -0.39 is 20.2 Å². The fourth-order valence-electron chi connectivity index (χ4n) is 0.945. The van der Waals surface area contributed by atoms with Gasteiger partial charge in [0.1, 0.15) is 4.90 Å². The molecule has 0 aliphatic heterocycles. The van der Waals surface area contributed by atoms with Gasteiger partial charge in [-0.05, 0) is 12.1 Å². The minimum Gasteiger partial charge on any atom is -0.323 e. The van der Waals surface area contributed by atoms with E-state index >= 15 is 0 Å². The molecule has 3 N–H and O–H groups in total. The fraction of sp³-hybridized carbons (Fsp3) is 0.143. The van der Waals surface area contributed by atoms with Crippen LogP contribution in [0.5, 0.6) is 0 Å². The van der Waals surface area contributed by atoms with Crippen molar-refractivity contribution in [3.8, 4) is 0 Å². The molecule has 1 aromatic carbocycles. The van der Waals surface area contributed by atoms with Gasteiger partial charge in [-0.3, -0.25) is 5.84 Å². The summed E-state index contributed by atoms with van der Waals surface area (Å²) in [5.41, 5.74) is -3.74. The average molecular weight is 240 g/mol. The minimum absolute atomic E-state index is 0.296. The number of halogens is 3. The number of alkyl halides is 3. The van der Waals surface area contributed by atoms with E-state index in [4.69, 9.17) is 5.84 Å². The third-order valence-corrected chi connectivity index (χ3v) is 3.18. The van der Waals surface area contributed by atoms with Crippen molar-refractivity contribution in [2.24, 2.45) is 5.84 Å². The Bertz CT molecular complexity index is 456. The number of para-hydroxylation sites is 1. The lowest BCUT2D eigenvalue weighted by Gasteiger charge is -2.11. The number of rotatable bonds is 2. The van der Waals surface area contributed by atoms with Crippen molar-refractivity contribution in [3.05, 3.63) is 24.3 Å². The van der Waals surface area contributed by atoms with E-state index in [0.717, 1.165) is 12.1 Å². The largest absolute Gasteiger partial charge is 0.501 e. The average Bonchev–Trinajstić information content (AvgIpc) is 2.16. The third kappa shape index (κ3) is 2.05. The van der Waals surface area contributed by atoms with Gasteiger partial charge in [0, 0.05) is 0 Å². The normalized spacial score (nSPS) is 12.5. The number of anilines is 1. The molecule has 0 aliphatic carbocycles. The van der Waals surface area contributed by atoms with Crippen LogP contribution < -0.4 is 11.3 Å². The lowest BCUT2D eigenvalue weighted by molar-refractivity contribution is -0.0435. The first-order chi connectivity index (χ1) is 6.80. The highest BCUT2D eigenvalue weighted by Gasteiger charge is 2.47. The van der Waals surface area contributed by atoms with Gasteiger partial charge < -0.3 is 5.43 Å². The van der Waals surface area contributed by atoms with Crippen molar-refractivity contribution in [1.29, 1.82) is 0 Å². The van der Waals surface area contributed by atoms with Gasteiger partial charge in [-0.1, -0.05) is 12.1 Å². The molecular weight excluding hydrogens is 233 g/mol. The van der Waals surface area contributed by atoms with Gasteiger partial charge in [-0.2, -0.15) is 13.2 Å². The van der Waals surface area contributed by atoms with E-state index in [1.54, 1.807) is 0 Å². The number of hydrogen-bond donors (Lipinski definition) is 2.